The van der Waals surface area contributed by atoms with Crippen LogP contribution in [0.25, 0.3) is 0 Å². The second-order valence-corrected chi connectivity index (χ2v) is 6.56. The lowest BCUT2D eigenvalue weighted by atomic mass is 9.96. The molecule has 1 saturated heterocycles. The zero-order valence-corrected chi connectivity index (χ0v) is 15.2. The lowest BCUT2D eigenvalue weighted by Gasteiger charge is -2.30. The van der Waals surface area contributed by atoms with Crippen molar-refractivity contribution in [2.24, 2.45) is 13.0 Å². The summed E-state index contributed by atoms with van der Waals surface area (Å²) >= 11 is 0. The first kappa shape index (κ1) is 18.4. The van der Waals surface area contributed by atoms with Crippen molar-refractivity contribution in [2.45, 2.75) is 40.0 Å². The number of carbonyl (C=O) groups is 2. The summed E-state index contributed by atoms with van der Waals surface area (Å²) in [6.45, 7) is 8.54. The van der Waals surface area contributed by atoms with Gasteiger partial charge in [0.2, 0.25) is 11.8 Å². The fourth-order valence-corrected chi connectivity index (χ4v) is 3.08. The molecule has 1 aromatic heterocycles. The molecule has 7 heteroatoms. The van der Waals surface area contributed by atoms with E-state index in [1.54, 1.807) is 4.68 Å². The third kappa shape index (κ3) is 4.56. The van der Waals surface area contributed by atoms with E-state index in [-0.39, 0.29) is 17.7 Å². The lowest BCUT2D eigenvalue weighted by Crippen LogP contribution is -2.43. The number of amides is 2. The first-order chi connectivity index (χ1) is 11.4. The molecule has 0 spiro atoms. The minimum atomic E-state index is -0.0249. The van der Waals surface area contributed by atoms with Crippen molar-refractivity contribution in [3.63, 3.8) is 0 Å². The van der Waals surface area contributed by atoms with E-state index >= 15 is 0 Å². The molecule has 0 aromatic carbocycles. The Hall–Kier alpha value is -1.89. The fourth-order valence-electron chi connectivity index (χ4n) is 3.08. The number of nitrogens with zero attached hydrogens (tertiary/aromatic N) is 3. The van der Waals surface area contributed by atoms with Crippen molar-refractivity contribution in [1.29, 1.82) is 0 Å². The number of likely N-dealkylation sites (tertiary alicyclic amines) is 1. The summed E-state index contributed by atoms with van der Waals surface area (Å²) in [5, 5.41) is 10.2. The van der Waals surface area contributed by atoms with Gasteiger partial charge in [0, 0.05) is 19.5 Å². The maximum atomic E-state index is 12.3. The smallest absolute Gasteiger partial charge is 0.238 e. The van der Waals surface area contributed by atoms with Crippen molar-refractivity contribution < 1.29 is 9.59 Å². The summed E-state index contributed by atoms with van der Waals surface area (Å²) in [5.74, 6) is 0.212. The maximum absolute atomic E-state index is 12.3. The van der Waals surface area contributed by atoms with Gasteiger partial charge in [-0.25, -0.2) is 0 Å². The summed E-state index contributed by atoms with van der Waals surface area (Å²) < 4.78 is 1.77. The number of hydrogen-bond donors (Lipinski definition) is 2. The standard InChI is InChI=1S/C17H29N5O2/c1-5-8-18-17(24)14-6-9-22(10-7-14)11-15(23)19-16-12(2)20-21(4)13(16)3/h14H,5-11H2,1-4H3,(H,18,24)(H,19,23). The van der Waals surface area contributed by atoms with Crippen molar-refractivity contribution >= 4 is 17.5 Å². The highest BCUT2D eigenvalue weighted by atomic mass is 16.2. The summed E-state index contributed by atoms with van der Waals surface area (Å²) in [6, 6.07) is 0. The zero-order chi connectivity index (χ0) is 17.7. The molecule has 1 fully saturated rings. The van der Waals surface area contributed by atoms with E-state index in [1.165, 1.54) is 0 Å². The number of nitrogens with one attached hydrogen (secondary N) is 2. The van der Waals surface area contributed by atoms with Gasteiger partial charge in [-0.1, -0.05) is 6.92 Å². The normalized spacial score (nSPS) is 16.2. The zero-order valence-electron chi connectivity index (χ0n) is 15.2. The van der Waals surface area contributed by atoms with Gasteiger partial charge >= 0.3 is 0 Å². The van der Waals surface area contributed by atoms with Crippen LogP contribution in [0.5, 0.6) is 0 Å². The molecule has 7 nitrogen and oxygen atoms in total. The minimum absolute atomic E-state index is 0.0249. The summed E-state index contributed by atoms with van der Waals surface area (Å²) in [4.78, 5) is 26.4. The SMILES string of the molecule is CCCNC(=O)C1CCN(CC(=O)Nc2c(C)nn(C)c2C)CC1. The molecule has 0 atom stereocenters. The highest BCUT2D eigenvalue weighted by Gasteiger charge is 2.25. The van der Waals surface area contributed by atoms with Gasteiger partial charge in [-0.05, 0) is 46.2 Å². The molecule has 1 aliphatic rings. The van der Waals surface area contributed by atoms with Gasteiger partial charge in [-0.3, -0.25) is 19.2 Å². The average Bonchev–Trinajstić information content (AvgIpc) is 2.79. The third-order valence-corrected chi connectivity index (χ3v) is 4.65. The van der Waals surface area contributed by atoms with Gasteiger partial charge in [0.25, 0.3) is 0 Å². The Labute approximate surface area is 143 Å². The van der Waals surface area contributed by atoms with Crippen LogP contribution in [0.2, 0.25) is 0 Å². The van der Waals surface area contributed by atoms with E-state index in [0.29, 0.717) is 6.54 Å². The first-order valence-electron chi connectivity index (χ1n) is 8.72. The maximum Gasteiger partial charge on any atom is 0.238 e. The lowest BCUT2D eigenvalue weighted by molar-refractivity contribution is -0.126. The van der Waals surface area contributed by atoms with Crippen molar-refractivity contribution in [3.05, 3.63) is 11.4 Å². The van der Waals surface area contributed by atoms with Crippen LogP contribution in [-0.2, 0) is 16.6 Å². The van der Waals surface area contributed by atoms with Crippen LogP contribution in [0.1, 0.15) is 37.6 Å². The second kappa shape index (κ2) is 8.28. The molecule has 2 amide bonds. The van der Waals surface area contributed by atoms with Gasteiger partial charge < -0.3 is 10.6 Å². The molecule has 0 saturated carbocycles. The fraction of sp³-hybridized carbons (Fsp3) is 0.706. The summed E-state index contributed by atoms with van der Waals surface area (Å²) in [7, 11) is 1.87. The van der Waals surface area contributed by atoms with Crippen LogP contribution < -0.4 is 10.6 Å². The van der Waals surface area contributed by atoms with E-state index in [0.717, 1.165) is 56.0 Å². The van der Waals surface area contributed by atoms with E-state index in [2.05, 4.69) is 20.6 Å². The van der Waals surface area contributed by atoms with Gasteiger partial charge in [-0.2, -0.15) is 5.10 Å². The molecule has 0 aliphatic carbocycles. The third-order valence-electron chi connectivity index (χ3n) is 4.65. The monoisotopic (exact) mass is 335 g/mol. The largest absolute Gasteiger partial charge is 0.356 e. The van der Waals surface area contributed by atoms with Gasteiger partial charge in [0.1, 0.15) is 0 Å². The molecule has 1 aromatic rings. The van der Waals surface area contributed by atoms with Crippen LogP contribution in [0.4, 0.5) is 5.69 Å². The summed E-state index contributed by atoms with van der Waals surface area (Å²) in [5.41, 5.74) is 2.58. The molecule has 2 N–H and O–H groups in total. The predicted octanol–water partition coefficient (Wildman–Crippen LogP) is 1.21. The number of anilines is 1. The molecule has 0 bridgehead atoms. The number of hydrogen-bond acceptors (Lipinski definition) is 4. The Balaban J connectivity index is 1.79. The van der Waals surface area contributed by atoms with Crippen molar-refractivity contribution in [2.75, 3.05) is 31.5 Å². The molecule has 2 rings (SSSR count). The first-order valence-corrected chi connectivity index (χ1v) is 8.72. The van der Waals surface area contributed by atoms with Crippen LogP contribution in [0, 0.1) is 19.8 Å². The van der Waals surface area contributed by atoms with Crippen LogP contribution >= 0.6 is 0 Å². The molecule has 0 radical (unpaired) electrons. The van der Waals surface area contributed by atoms with E-state index in [4.69, 9.17) is 0 Å². The van der Waals surface area contributed by atoms with Crippen LogP contribution in [0.15, 0.2) is 0 Å². The van der Waals surface area contributed by atoms with E-state index in [9.17, 15) is 9.59 Å². The van der Waals surface area contributed by atoms with Crippen LogP contribution in [-0.4, -0.2) is 52.7 Å². The highest BCUT2D eigenvalue weighted by Crippen LogP contribution is 2.20. The number of aromatic nitrogens is 2. The molecule has 134 valence electrons. The molecule has 1 aliphatic heterocycles. The highest BCUT2D eigenvalue weighted by molar-refractivity contribution is 5.93. The number of aryl methyl sites for hydroxylation is 2. The quantitative estimate of drug-likeness (QED) is 0.819. The Morgan fingerprint density at radius 2 is 1.92 bits per heavy atom. The number of carbonyl (C=O) groups excluding carboxylic acids is 2. The Kier molecular flexibility index (Phi) is 6.36. The average molecular weight is 335 g/mol. The van der Waals surface area contributed by atoms with Crippen molar-refractivity contribution in [3.8, 4) is 0 Å². The summed E-state index contributed by atoms with van der Waals surface area (Å²) in [6.07, 6.45) is 2.58. The number of rotatable bonds is 6. The van der Waals surface area contributed by atoms with E-state index in [1.807, 2.05) is 27.8 Å². The Morgan fingerprint density at radius 1 is 1.25 bits per heavy atom. The van der Waals surface area contributed by atoms with Crippen molar-refractivity contribution in [1.82, 2.24) is 20.0 Å². The predicted molar refractivity (Wildman–Crippen MR) is 93.8 cm³/mol. The van der Waals surface area contributed by atoms with Gasteiger partial charge in [0.15, 0.2) is 0 Å². The minimum Gasteiger partial charge on any atom is -0.356 e. The molecule has 0 unspecified atom stereocenters. The van der Waals surface area contributed by atoms with Gasteiger partial charge in [-0.15, -0.1) is 0 Å². The van der Waals surface area contributed by atoms with Crippen LogP contribution in [0.3, 0.4) is 0 Å². The molecule has 2 heterocycles. The van der Waals surface area contributed by atoms with E-state index < -0.39 is 0 Å². The molecular formula is C17H29N5O2. The Morgan fingerprint density at radius 3 is 2.46 bits per heavy atom. The Bertz CT molecular complexity index is 588. The topological polar surface area (TPSA) is 79.3 Å². The molecule has 24 heavy (non-hydrogen) atoms. The molecular weight excluding hydrogens is 306 g/mol. The number of piperidine rings is 1. The second-order valence-electron chi connectivity index (χ2n) is 6.56. The van der Waals surface area contributed by atoms with Gasteiger partial charge in [0.05, 0.1) is 23.6 Å².